The van der Waals surface area contributed by atoms with Crippen molar-refractivity contribution in [2.45, 2.75) is 10.1 Å². The van der Waals surface area contributed by atoms with Gasteiger partial charge >= 0.3 is 0 Å². The lowest BCUT2D eigenvalue weighted by atomic mass is 10.3. The van der Waals surface area contributed by atoms with E-state index in [1.807, 2.05) is 0 Å². The summed E-state index contributed by atoms with van der Waals surface area (Å²) in [6, 6.07) is 7.10. The van der Waals surface area contributed by atoms with Crippen molar-refractivity contribution < 1.29 is 0 Å². The smallest absolute Gasteiger partial charge is 0.192 e. The van der Waals surface area contributed by atoms with E-state index in [9.17, 15) is 0 Å². The molecule has 0 saturated heterocycles. The van der Waals surface area contributed by atoms with Crippen molar-refractivity contribution in [1.29, 1.82) is 0 Å². The van der Waals surface area contributed by atoms with Crippen molar-refractivity contribution in [3.8, 4) is 0 Å². The molecule has 0 spiro atoms. The van der Waals surface area contributed by atoms with Crippen molar-refractivity contribution >= 4 is 29.1 Å². The van der Waals surface area contributed by atoms with Crippen LogP contribution < -0.4 is 5.73 Å². The SMILES string of the molecule is Nc1ccc(Cl)cc1Sc1ncccn1. The van der Waals surface area contributed by atoms with Crippen LogP contribution in [0.25, 0.3) is 0 Å². The third kappa shape index (κ3) is 2.61. The van der Waals surface area contributed by atoms with Crippen LogP contribution in [-0.4, -0.2) is 9.97 Å². The average molecular weight is 238 g/mol. The normalized spacial score (nSPS) is 10.2. The first kappa shape index (κ1) is 10.3. The van der Waals surface area contributed by atoms with E-state index in [1.165, 1.54) is 11.8 Å². The fourth-order valence-corrected chi connectivity index (χ4v) is 2.07. The van der Waals surface area contributed by atoms with Gasteiger partial charge in [0, 0.05) is 28.0 Å². The number of rotatable bonds is 2. The fourth-order valence-electron chi connectivity index (χ4n) is 1.03. The number of hydrogen-bond acceptors (Lipinski definition) is 4. The summed E-state index contributed by atoms with van der Waals surface area (Å²) >= 11 is 7.27. The van der Waals surface area contributed by atoms with Gasteiger partial charge < -0.3 is 5.73 Å². The summed E-state index contributed by atoms with van der Waals surface area (Å²) in [6.45, 7) is 0. The molecule has 0 radical (unpaired) electrons. The van der Waals surface area contributed by atoms with Crippen molar-refractivity contribution in [1.82, 2.24) is 9.97 Å². The van der Waals surface area contributed by atoms with Crippen LogP contribution in [0.15, 0.2) is 46.7 Å². The quantitative estimate of drug-likeness (QED) is 0.645. The average Bonchev–Trinajstić information content (AvgIpc) is 2.25. The Morgan fingerprint density at radius 2 is 1.93 bits per heavy atom. The second-order valence-electron chi connectivity index (χ2n) is 2.82. The number of nitrogens with two attached hydrogens (primary N) is 1. The Kier molecular flexibility index (Phi) is 3.08. The number of anilines is 1. The van der Waals surface area contributed by atoms with E-state index in [0.29, 0.717) is 15.9 Å². The Hall–Kier alpha value is -1.26. The van der Waals surface area contributed by atoms with Crippen LogP contribution in [0, 0.1) is 0 Å². The second kappa shape index (κ2) is 4.51. The molecular formula is C10H8ClN3S. The van der Waals surface area contributed by atoms with E-state index in [2.05, 4.69) is 9.97 Å². The summed E-state index contributed by atoms with van der Waals surface area (Å²) in [6.07, 6.45) is 3.38. The number of nitrogens with zero attached hydrogens (tertiary/aromatic N) is 2. The molecule has 1 aromatic carbocycles. The summed E-state index contributed by atoms with van der Waals surface area (Å²) in [4.78, 5) is 9.07. The molecule has 2 aromatic rings. The van der Waals surface area contributed by atoms with Gasteiger partial charge in [-0.3, -0.25) is 0 Å². The molecule has 0 fully saturated rings. The van der Waals surface area contributed by atoms with Gasteiger partial charge in [0.25, 0.3) is 0 Å². The summed E-state index contributed by atoms with van der Waals surface area (Å²) in [7, 11) is 0. The molecule has 5 heteroatoms. The molecule has 0 bridgehead atoms. The predicted molar refractivity (Wildman–Crippen MR) is 62.0 cm³/mol. The number of hydrogen-bond donors (Lipinski definition) is 1. The highest BCUT2D eigenvalue weighted by Crippen LogP contribution is 2.31. The maximum Gasteiger partial charge on any atom is 0.192 e. The highest BCUT2D eigenvalue weighted by Gasteiger charge is 2.04. The molecule has 0 saturated carbocycles. The highest BCUT2D eigenvalue weighted by atomic mass is 35.5. The summed E-state index contributed by atoms with van der Waals surface area (Å²) < 4.78 is 0. The van der Waals surface area contributed by atoms with Crippen molar-refractivity contribution in [3.63, 3.8) is 0 Å². The number of aromatic nitrogens is 2. The molecule has 0 aliphatic rings. The van der Waals surface area contributed by atoms with Gasteiger partial charge in [-0.15, -0.1) is 0 Å². The highest BCUT2D eigenvalue weighted by molar-refractivity contribution is 7.99. The molecular weight excluding hydrogens is 230 g/mol. The minimum Gasteiger partial charge on any atom is -0.398 e. The zero-order chi connectivity index (χ0) is 10.7. The van der Waals surface area contributed by atoms with E-state index >= 15 is 0 Å². The van der Waals surface area contributed by atoms with Crippen LogP contribution in [-0.2, 0) is 0 Å². The lowest BCUT2D eigenvalue weighted by Gasteiger charge is -2.03. The van der Waals surface area contributed by atoms with Crippen LogP contribution >= 0.6 is 23.4 Å². The molecule has 0 unspecified atom stereocenters. The van der Waals surface area contributed by atoms with Crippen LogP contribution in [0.2, 0.25) is 5.02 Å². The molecule has 0 aliphatic heterocycles. The van der Waals surface area contributed by atoms with Gasteiger partial charge in [-0.1, -0.05) is 11.6 Å². The van der Waals surface area contributed by atoms with Crippen molar-refractivity contribution in [3.05, 3.63) is 41.7 Å². The minimum absolute atomic E-state index is 0.655. The van der Waals surface area contributed by atoms with Gasteiger partial charge in [-0.05, 0) is 36.0 Å². The Bertz CT molecular complexity index is 461. The zero-order valence-electron chi connectivity index (χ0n) is 7.72. The Morgan fingerprint density at radius 1 is 1.20 bits per heavy atom. The standard InChI is InChI=1S/C10H8ClN3S/c11-7-2-3-8(12)9(6-7)15-10-13-4-1-5-14-10/h1-6H,12H2. The van der Waals surface area contributed by atoms with E-state index in [4.69, 9.17) is 17.3 Å². The molecule has 2 N–H and O–H groups in total. The van der Waals surface area contributed by atoms with E-state index in [-0.39, 0.29) is 0 Å². The van der Waals surface area contributed by atoms with Gasteiger partial charge in [0.05, 0.1) is 0 Å². The summed E-state index contributed by atoms with van der Waals surface area (Å²) in [5.41, 5.74) is 6.48. The fraction of sp³-hybridized carbons (Fsp3) is 0. The van der Waals surface area contributed by atoms with Crippen molar-refractivity contribution in [2.24, 2.45) is 0 Å². The Labute approximate surface area is 96.7 Å². The molecule has 0 atom stereocenters. The number of benzene rings is 1. The molecule has 0 amide bonds. The van der Waals surface area contributed by atoms with Crippen molar-refractivity contribution in [2.75, 3.05) is 5.73 Å². The van der Waals surface area contributed by atoms with E-state index < -0.39 is 0 Å². The lowest BCUT2D eigenvalue weighted by molar-refractivity contribution is 0.967. The maximum absolute atomic E-state index is 5.87. The first-order chi connectivity index (χ1) is 7.25. The minimum atomic E-state index is 0.655. The Balaban J connectivity index is 2.28. The van der Waals surface area contributed by atoms with Crippen LogP contribution in [0.3, 0.4) is 0 Å². The van der Waals surface area contributed by atoms with Crippen LogP contribution in [0.4, 0.5) is 5.69 Å². The number of halogens is 1. The summed E-state index contributed by atoms with van der Waals surface area (Å²) in [5.74, 6) is 0. The van der Waals surface area contributed by atoms with Crippen LogP contribution in [0.1, 0.15) is 0 Å². The monoisotopic (exact) mass is 237 g/mol. The molecule has 1 aromatic heterocycles. The molecule has 3 nitrogen and oxygen atoms in total. The molecule has 76 valence electrons. The molecule has 15 heavy (non-hydrogen) atoms. The predicted octanol–water partition coefficient (Wildman–Crippen LogP) is 2.86. The summed E-state index contributed by atoms with van der Waals surface area (Å²) in [5, 5.41) is 1.31. The number of nitrogen functional groups attached to an aromatic ring is 1. The van der Waals surface area contributed by atoms with E-state index in [1.54, 1.807) is 36.7 Å². The molecule has 0 aliphatic carbocycles. The zero-order valence-corrected chi connectivity index (χ0v) is 9.29. The van der Waals surface area contributed by atoms with E-state index in [0.717, 1.165) is 4.90 Å². The topological polar surface area (TPSA) is 51.8 Å². The lowest BCUT2D eigenvalue weighted by Crippen LogP contribution is -1.89. The maximum atomic E-state index is 5.87. The van der Waals surface area contributed by atoms with Gasteiger partial charge in [0.15, 0.2) is 5.16 Å². The first-order valence-electron chi connectivity index (χ1n) is 4.25. The van der Waals surface area contributed by atoms with Gasteiger partial charge in [-0.2, -0.15) is 0 Å². The van der Waals surface area contributed by atoms with Crippen LogP contribution in [0.5, 0.6) is 0 Å². The molecule has 1 heterocycles. The van der Waals surface area contributed by atoms with Gasteiger partial charge in [-0.25, -0.2) is 9.97 Å². The first-order valence-corrected chi connectivity index (χ1v) is 5.45. The largest absolute Gasteiger partial charge is 0.398 e. The Morgan fingerprint density at radius 3 is 2.67 bits per heavy atom. The van der Waals surface area contributed by atoms with Gasteiger partial charge in [0.1, 0.15) is 0 Å². The third-order valence-electron chi connectivity index (χ3n) is 1.72. The second-order valence-corrected chi connectivity index (χ2v) is 4.26. The van der Waals surface area contributed by atoms with Gasteiger partial charge in [0.2, 0.25) is 0 Å². The molecule has 2 rings (SSSR count). The third-order valence-corrected chi connectivity index (χ3v) is 2.92.